The maximum absolute atomic E-state index is 12.2. The van der Waals surface area contributed by atoms with Gasteiger partial charge < -0.3 is 19.7 Å². The molecule has 0 radical (unpaired) electrons. The lowest BCUT2D eigenvalue weighted by Gasteiger charge is -2.21. The maximum atomic E-state index is 12.2. The van der Waals surface area contributed by atoms with E-state index in [9.17, 15) is 14.4 Å². The quantitative estimate of drug-likeness (QED) is 0.706. The standard InChI is InChI=1S/C21H24N2O5/c1-4-28-19-11-7-17(8-12-19)22-20(25)13-14-23(15(2)24)18-9-5-16(6-10-18)21(26)27-3/h5-12H,4,13-14H2,1-3H3,(H,22,25). The first-order valence-electron chi connectivity index (χ1n) is 8.93. The highest BCUT2D eigenvalue weighted by Crippen LogP contribution is 2.18. The second kappa shape index (κ2) is 10.1. The summed E-state index contributed by atoms with van der Waals surface area (Å²) in [6.07, 6.45) is 0.131. The van der Waals surface area contributed by atoms with E-state index in [1.165, 1.54) is 18.9 Å². The Balaban J connectivity index is 1.96. The number of nitrogens with one attached hydrogen (secondary N) is 1. The van der Waals surface area contributed by atoms with E-state index in [0.717, 1.165) is 5.75 Å². The number of esters is 1. The minimum atomic E-state index is -0.448. The average molecular weight is 384 g/mol. The van der Waals surface area contributed by atoms with Crippen molar-refractivity contribution in [2.75, 3.05) is 30.5 Å². The van der Waals surface area contributed by atoms with Gasteiger partial charge in [-0.15, -0.1) is 0 Å². The largest absolute Gasteiger partial charge is 0.494 e. The molecular weight excluding hydrogens is 360 g/mol. The third-order valence-electron chi connectivity index (χ3n) is 3.99. The van der Waals surface area contributed by atoms with Crippen LogP contribution in [0.2, 0.25) is 0 Å². The molecule has 7 nitrogen and oxygen atoms in total. The summed E-state index contributed by atoms with van der Waals surface area (Å²) in [6.45, 7) is 4.13. The van der Waals surface area contributed by atoms with E-state index in [4.69, 9.17) is 4.74 Å². The van der Waals surface area contributed by atoms with E-state index in [1.807, 2.05) is 6.92 Å². The molecule has 0 aliphatic carbocycles. The number of hydrogen-bond donors (Lipinski definition) is 1. The van der Waals surface area contributed by atoms with Crippen molar-refractivity contribution < 1.29 is 23.9 Å². The van der Waals surface area contributed by atoms with Crippen LogP contribution in [0.15, 0.2) is 48.5 Å². The zero-order valence-corrected chi connectivity index (χ0v) is 16.2. The van der Waals surface area contributed by atoms with Gasteiger partial charge in [0.1, 0.15) is 5.75 Å². The van der Waals surface area contributed by atoms with Gasteiger partial charge in [0, 0.05) is 31.3 Å². The number of nitrogens with zero attached hydrogens (tertiary/aromatic N) is 1. The van der Waals surface area contributed by atoms with Crippen molar-refractivity contribution in [1.29, 1.82) is 0 Å². The molecule has 0 fully saturated rings. The third-order valence-corrected chi connectivity index (χ3v) is 3.99. The Hall–Kier alpha value is -3.35. The van der Waals surface area contributed by atoms with Gasteiger partial charge in [0.05, 0.1) is 19.3 Å². The summed E-state index contributed by atoms with van der Waals surface area (Å²) < 4.78 is 10.0. The average Bonchev–Trinajstić information content (AvgIpc) is 2.69. The fourth-order valence-electron chi connectivity index (χ4n) is 2.60. The molecule has 2 rings (SSSR count). The zero-order valence-electron chi connectivity index (χ0n) is 16.2. The minimum Gasteiger partial charge on any atom is -0.494 e. The SMILES string of the molecule is CCOc1ccc(NC(=O)CCN(C(C)=O)c2ccc(C(=O)OC)cc2)cc1. The summed E-state index contributed by atoms with van der Waals surface area (Å²) in [5.41, 5.74) is 1.65. The van der Waals surface area contributed by atoms with Gasteiger partial charge in [-0.25, -0.2) is 4.79 Å². The molecule has 0 unspecified atom stereocenters. The molecule has 0 atom stereocenters. The number of carbonyl (C=O) groups excluding carboxylic acids is 3. The van der Waals surface area contributed by atoms with Crippen LogP contribution in [0.4, 0.5) is 11.4 Å². The Kier molecular flexibility index (Phi) is 7.56. The van der Waals surface area contributed by atoms with Gasteiger partial charge >= 0.3 is 5.97 Å². The van der Waals surface area contributed by atoms with Gasteiger partial charge in [0.25, 0.3) is 0 Å². The van der Waals surface area contributed by atoms with Crippen LogP contribution in [0.1, 0.15) is 30.6 Å². The van der Waals surface area contributed by atoms with Crippen molar-refractivity contribution >= 4 is 29.2 Å². The first kappa shape index (κ1) is 21.0. The summed E-state index contributed by atoms with van der Waals surface area (Å²) in [5.74, 6) is -0.115. The molecule has 0 saturated heterocycles. The summed E-state index contributed by atoms with van der Waals surface area (Å²) >= 11 is 0. The van der Waals surface area contributed by atoms with E-state index in [0.29, 0.717) is 23.5 Å². The number of benzene rings is 2. The number of ether oxygens (including phenoxy) is 2. The van der Waals surface area contributed by atoms with Crippen LogP contribution >= 0.6 is 0 Å². The van der Waals surface area contributed by atoms with E-state index in [2.05, 4.69) is 10.1 Å². The molecule has 0 saturated carbocycles. The van der Waals surface area contributed by atoms with Gasteiger partial charge in [-0.1, -0.05) is 0 Å². The van der Waals surface area contributed by atoms with Crippen LogP contribution in [0, 0.1) is 0 Å². The van der Waals surface area contributed by atoms with Crippen molar-refractivity contribution in [2.45, 2.75) is 20.3 Å². The molecular formula is C21H24N2O5. The van der Waals surface area contributed by atoms with Gasteiger partial charge in [-0.3, -0.25) is 9.59 Å². The van der Waals surface area contributed by atoms with E-state index in [1.54, 1.807) is 48.5 Å². The summed E-state index contributed by atoms with van der Waals surface area (Å²) in [5, 5.41) is 2.80. The molecule has 2 aromatic carbocycles. The van der Waals surface area contributed by atoms with Gasteiger partial charge in [0.2, 0.25) is 11.8 Å². The fraction of sp³-hybridized carbons (Fsp3) is 0.286. The highest BCUT2D eigenvalue weighted by Gasteiger charge is 2.15. The molecule has 1 N–H and O–H groups in total. The van der Waals surface area contributed by atoms with Crippen molar-refractivity contribution in [3.63, 3.8) is 0 Å². The molecule has 28 heavy (non-hydrogen) atoms. The van der Waals surface area contributed by atoms with Crippen LogP contribution in [0.25, 0.3) is 0 Å². The van der Waals surface area contributed by atoms with Crippen molar-refractivity contribution in [1.82, 2.24) is 0 Å². The molecule has 2 amide bonds. The Morgan fingerprint density at radius 1 is 1.00 bits per heavy atom. The lowest BCUT2D eigenvalue weighted by atomic mass is 10.2. The monoisotopic (exact) mass is 384 g/mol. The van der Waals surface area contributed by atoms with Crippen LogP contribution in [-0.2, 0) is 14.3 Å². The molecule has 0 spiro atoms. The van der Waals surface area contributed by atoms with Crippen LogP contribution in [-0.4, -0.2) is 38.0 Å². The topological polar surface area (TPSA) is 84.9 Å². The molecule has 0 aliphatic heterocycles. The minimum absolute atomic E-state index is 0.131. The molecule has 7 heteroatoms. The third kappa shape index (κ3) is 5.84. The highest BCUT2D eigenvalue weighted by atomic mass is 16.5. The Morgan fingerprint density at radius 3 is 2.18 bits per heavy atom. The number of anilines is 2. The van der Waals surface area contributed by atoms with Gasteiger partial charge in [-0.05, 0) is 55.5 Å². The second-order valence-corrected chi connectivity index (χ2v) is 5.96. The van der Waals surface area contributed by atoms with E-state index in [-0.39, 0.29) is 24.8 Å². The van der Waals surface area contributed by atoms with Gasteiger partial charge in [0.15, 0.2) is 0 Å². The van der Waals surface area contributed by atoms with Crippen LogP contribution in [0.5, 0.6) is 5.75 Å². The number of methoxy groups -OCH3 is 1. The molecule has 0 aromatic heterocycles. The second-order valence-electron chi connectivity index (χ2n) is 5.96. The molecule has 0 bridgehead atoms. The lowest BCUT2D eigenvalue weighted by Crippen LogP contribution is -2.32. The van der Waals surface area contributed by atoms with Gasteiger partial charge in [-0.2, -0.15) is 0 Å². The smallest absolute Gasteiger partial charge is 0.337 e. The molecule has 2 aromatic rings. The van der Waals surface area contributed by atoms with Crippen LogP contribution < -0.4 is 15.0 Å². The van der Waals surface area contributed by atoms with Crippen LogP contribution in [0.3, 0.4) is 0 Å². The summed E-state index contributed by atoms with van der Waals surface area (Å²) in [6, 6.07) is 13.5. The zero-order chi connectivity index (χ0) is 20.5. The Labute approximate surface area is 164 Å². The van der Waals surface area contributed by atoms with E-state index < -0.39 is 5.97 Å². The number of carbonyl (C=O) groups is 3. The molecule has 148 valence electrons. The normalized spacial score (nSPS) is 10.1. The fourth-order valence-corrected chi connectivity index (χ4v) is 2.60. The highest BCUT2D eigenvalue weighted by molar-refractivity contribution is 5.95. The predicted molar refractivity (Wildman–Crippen MR) is 107 cm³/mol. The predicted octanol–water partition coefficient (Wildman–Crippen LogP) is 3.25. The van der Waals surface area contributed by atoms with E-state index >= 15 is 0 Å². The van der Waals surface area contributed by atoms with Crippen molar-refractivity contribution in [3.8, 4) is 5.75 Å². The first-order valence-corrected chi connectivity index (χ1v) is 8.93. The number of rotatable bonds is 8. The molecule has 0 aliphatic rings. The number of hydrogen-bond acceptors (Lipinski definition) is 5. The Bertz CT molecular complexity index is 816. The summed E-state index contributed by atoms with van der Waals surface area (Å²) in [7, 11) is 1.31. The van der Waals surface area contributed by atoms with Crippen molar-refractivity contribution in [3.05, 3.63) is 54.1 Å². The van der Waals surface area contributed by atoms with Crippen molar-refractivity contribution in [2.24, 2.45) is 0 Å². The molecule has 0 heterocycles. The summed E-state index contributed by atoms with van der Waals surface area (Å²) in [4.78, 5) is 37.2. The maximum Gasteiger partial charge on any atom is 0.337 e. The lowest BCUT2D eigenvalue weighted by molar-refractivity contribution is -0.117. The first-order chi connectivity index (χ1) is 13.4. The Morgan fingerprint density at radius 2 is 1.64 bits per heavy atom. The number of amides is 2.